The molecule has 0 amide bonds. The fourth-order valence-corrected chi connectivity index (χ4v) is 1.22. The van der Waals surface area contributed by atoms with Gasteiger partial charge in [-0.1, -0.05) is 18.7 Å². The van der Waals surface area contributed by atoms with E-state index in [9.17, 15) is 0 Å². The fourth-order valence-electron chi connectivity index (χ4n) is 1.11. The number of nitrogens with two attached hydrogens (primary N) is 1. The van der Waals surface area contributed by atoms with E-state index >= 15 is 0 Å². The Labute approximate surface area is 89.0 Å². The molecule has 4 N–H and O–H groups in total. The summed E-state index contributed by atoms with van der Waals surface area (Å²) in [6.45, 7) is 5.69. The lowest BCUT2D eigenvalue weighted by Crippen LogP contribution is -2.34. The van der Waals surface area contributed by atoms with Crippen molar-refractivity contribution in [3.63, 3.8) is 0 Å². The van der Waals surface area contributed by atoms with Crippen molar-refractivity contribution < 1.29 is 0 Å². The second-order valence-corrected chi connectivity index (χ2v) is 3.29. The Hall–Kier alpha value is -1.39. The predicted molar refractivity (Wildman–Crippen MR) is 64.8 cm³/mol. The Morgan fingerprint density at radius 3 is 2.79 bits per heavy atom. The number of benzene rings is 1. The lowest BCUT2D eigenvalue weighted by Gasteiger charge is -2.10. The third kappa shape index (κ3) is 2.55. The Bertz CT molecular complexity index is 360. The van der Waals surface area contributed by atoms with Crippen LogP contribution in [0.3, 0.4) is 0 Å². The molecule has 1 rings (SSSR count). The molecule has 0 radical (unpaired) electrons. The standard InChI is InChI=1S/C10H13N3S/c1-3-8-4-5-9(7(2)6-8)12-10(14)13-11/h3-6H,1,11H2,2H3,(H2,12,13,14). The molecule has 0 bridgehead atoms. The van der Waals surface area contributed by atoms with Gasteiger partial charge in [-0.25, -0.2) is 5.84 Å². The molecular formula is C10H13N3S. The van der Waals surface area contributed by atoms with Gasteiger partial charge in [-0.3, -0.25) is 0 Å². The van der Waals surface area contributed by atoms with E-state index < -0.39 is 0 Å². The molecular weight excluding hydrogens is 194 g/mol. The molecule has 0 aromatic heterocycles. The van der Waals surface area contributed by atoms with Crippen LogP contribution in [0.4, 0.5) is 5.69 Å². The molecule has 0 saturated carbocycles. The first-order valence-corrected chi connectivity index (χ1v) is 4.59. The predicted octanol–water partition coefficient (Wildman–Crippen LogP) is 1.80. The molecule has 0 unspecified atom stereocenters. The molecule has 14 heavy (non-hydrogen) atoms. The molecule has 3 nitrogen and oxygen atoms in total. The molecule has 0 atom stereocenters. The van der Waals surface area contributed by atoms with Gasteiger partial charge in [0, 0.05) is 5.69 Å². The summed E-state index contributed by atoms with van der Waals surface area (Å²) in [5.41, 5.74) is 5.49. The molecule has 1 aromatic rings. The highest BCUT2D eigenvalue weighted by molar-refractivity contribution is 7.80. The first kappa shape index (κ1) is 10.7. The van der Waals surface area contributed by atoms with Crippen molar-refractivity contribution in [3.8, 4) is 0 Å². The van der Waals surface area contributed by atoms with Gasteiger partial charge in [0.2, 0.25) is 0 Å². The number of hydrogen-bond donors (Lipinski definition) is 3. The van der Waals surface area contributed by atoms with E-state index in [1.165, 1.54) is 0 Å². The summed E-state index contributed by atoms with van der Waals surface area (Å²) >= 11 is 4.89. The number of aryl methyl sites for hydroxylation is 1. The molecule has 0 aliphatic rings. The lowest BCUT2D eigenvalue weighted by molar-refractivity contribution is 1.04. The average Bonchev–Trinajstić information content (AvgIpc) is 2.20. The zero-order valence-electron chi connectivity index (χ0n) is 8.00. The van der Waals surface area contributed by atoms with Crippen molar-refractivity contribution in [2.75, 3.05) is 5.32 Å². The van der Waals surface area contributed by atoms with Gasteiger partial charge in [-0.05, 0) is 42.4 Å². The zero-order chi connectivity index (χ0) is 10.6. The van der Waals surface area contributed by atoms with Crippen LogP contribution in [0.1, 0.15) is 11.1 Å². The van der Waals surface area contributed by atoms with Crippen molar-refractivity contribution in [2.24, 2.45) is 5.84 Å². The Balaban J connectivity index is 2.89. The first-order valence-electron chi connectivity index (χ1n) is 4.18. The maximum absolute atomic E-state index is 5.16. The minimum absolute atomic E-state index is 0.402. The fraction of sp³-hybridized carbons (Fsp3) is 0.100. The molecule has 0 aliphatic heterocycles. The van der Waals surface area contributed by atoms with Crippen LogP contribution in [0.15, 0.2) is 24.8 Å². The Morgan fingerprint density at radius 1 is 1.57 bits per heavy atom. The lowest BCUT2D eigenvalue weighted by atomic mass is 10.1. The average molecular weight is 207 g/mol. The number of anilines is 1. The van der Waals surface area contributed by atoms with Gasteiger partial charge >= 0.3 is 0 Å². The van der Waals surface area contributed by atoms with Gasteiger partial charge in [-0.15, -0.1) is 0 Å². The topological polar surface area (TPSA) is 50.1 Å². The summed E-state index contributed by atoms with van der Waals surface area (Å²) in [6, 6.07) is 5.92. The highest BCUT2D eigenvalue weighted by Crippen LogP contribution is 2.16. The molecule has 0 spiro atoms. The molecule has 0 saturated heterocycles. The second-order valence-electron chi connectivity index (χ2n) is 2.88. The monoisotopic (exact) mass is 207 g/mol. The van der Waals surface area contributed by atoms with Crippen LogP contribution in [0.2, 0.25) is 0 Å². The van der Waals surface area contributed by atoms with E-state index in [4.69, 9.17) is 18.1 Å². The number of hydrazine groups is 1. The number of thiocarbonyl (C=S) groups is 1. The summed E-state index contributed by atoms with van der Waals surface area (Å²) in [6.07, 6.45) is 1.80. The van der Waals surface area contributed by atoms with E-state index in [2.05, 4.69) is 17.3 Å². The maximum Gasteiger partial charge on any atom is 0.185 e. The van der Waals surface area contributed by atoms with Gasteiger partial charge < -0.3 is 10.7 Å². The normalized spacial score (nSPS) is 9.29. The van der Waals surface area contributed by atoms with Crippen molar-refractivity contribution >= 4 is 29.1 Å². The number of rotatable bonds is 2. The summed E-state index contributed by atoms with van der Waals surface area (Å²) in [4.78, 5) is 0. The summed E-state index contributed by atoms with van der Waals surface area (Å²) in [5.74, 6) is 5.16. The Morgan fingerprint density at radius 2 is 2.29 bits per heavy atom. The van der Waals surface area contributed by atoms with Crippen molar-refractivity contribution in [1.82, 2.24) is 5.43 Å². The summed E-state index contributed by atoms with van der Waals surface area (Å²) in [5, 5.41) is 3.37. The van der Waals surface area contributed by atoms with Gasteiger partial charge in [0.15, 0.2) is 5.11 Å². The van der Waals surface area contributed by atoms with Crippen LogP contribution in [-0.2, 0) is 0 Å². The maximum atomic E-state index is 5.16. The minimum Gasteiger partial charge on any atom is -0.331 e. The molecule has 0 heterocycles. The second kappa shape index (κ2) is 4.74. The number of nitrogens with one attached hydrogen (secondary N) is 2. The molecule has 1 aromatic carbocycles. The van der Waals surface area contributed by atoms with Crippen molar-refractivity contribution in [2.45, 2.75) is 6.92 Å². The number of hydrogen-bond acceptors (Lipinski definition) is 2. The van der Waals surface area contributed by atoms with Crippen molar-refractivity contribution in [1.29, 1.82) is 0 Å². The van der Waals surface area contributed by atoms with Crippen LogP contribution < -0.4 is 16.6 Å². The molecule has 0 aliphatic carbocycles. The first-order chi connectivity index (χ1) is 6.67. The van der Waals surface area contributed by atoms with Gasteiger partial charge in [0.05, 0.1) is 0 Å². The third-order valence-electron chi connectivity index (χ3n) is 1.87. The SMILES string of the molecule is C=Cc1ccc(NC(=S)NN)c(C)c1. The summed E-state index contributed by atoms with van der Waals surface area (Å²) < 4.78 is 0. The van der Waals surface area contributed by atoms with Gasteiger partial charge in [-0.2, -0.15) is 0 Å². The minimum atomic E-state index is 0.402. The quantitative estimate of drug-likeness (QED) is 0.393. The van der Waals surface area contributed by atoms with Crippen LogP contribution in [-0.4, -0.2) is 5.11 Å². The molecule has 74 valence electrons. The third-order valence-corrected chi connectivity index (χ3v) is 2.09. The van der Waals surface area contributed by atoms with Crippen LogP contribution in [0, 0.1) is 6.92 Å². The van der Waals surface area contributed by atoms with E-state index in [1.54, 1.807) is 6.08 Å². The van der Waals surface area contributed by atoms with Crippen LogP contribution in [0.5, 0.6) is 0 Å². The summed E-state index contributed by atoms with van der Waals surface area (Å²) in [7, 11) is 0. The smallest absolute Gasteiger partial charge is 0.185 e. The van der Waals surface area contributed by atoms with E-state index in [0.717, 1.165) is 16.8 Å². The molecule has 0 fully saturated rings. The van der Waals surface area contributed by atoms with Crippen LogP contribution in [0.25, 0.3) is 6.08 Å². The largest absolute Gasteiger partial charge is 0.331 e. The highest BCUT2D eigenvalue weighted by Gasteiger charge is 1.99. The zero-order valence-corrected chi connectivity index (χ0v) is 8.82. The van der Waals surface area contributed by atoms with E-state index in [-0.39, 0.29) is 0 Å². The highest BCUT2D eigenvalue weighted by atomic mass is 32.1. The van der Waals surface area contributed by atoms with Gasteiger partial charge in [0.1, 0.15) is 0 Å². The molecule has 4 heteroatoms. The van der Waals surface area contributed by atoms with E-state index in [1.807, 2.05) is 25.1 Å². The Kier molecular flexibility index (Phi) is 3.62. The van der Waals surface area contributed by atoms with Crippen molar-refractivity contribution in [3.05, 3.63) is 35.9 Å². The van der Waals surface area contributed by atoms with Crippen LogP contribution >= 0.6 is 12.2 Å². The van der Waals surface area contributed by atoms with E-state index in [0.29, 0.717) is 5.11 Å². The van der Waals surface area contributed by atoms with Gasteiger partial charge in [0.25, 0.3) is 0 Å².